The zero-order valence-electron chi connectivity index (χ0n) is 11.1. The molecule has 0 atom stereocenters. The van der Waals surface area contributed by atoms with Crippen molar-refractivity contribution in [2.24, 2.45) is 0 Å². The third kappa shape index (κ3) is 4.16. The van der Waals surface area contributed by atoms with Gasteiger partial charge < -0.3 is 10.1 Å². The van der Waals surface area contributed by atoms with Gasteiger partial charge in [-0.05, 0) is 31.2 Å². The Kier molecular flexibility index (Phi) is 4.69. The molecule has 2 aromatic rings. The van der Waals surface area contributed by atoms with Crippen LogP contribution in [-0.2, 0) is 4.79 Å². The van der Waals surface area contributed by atoms with E-state index in [0.717, 1.165) is 0 Å². The molecule has 6 nitrogen and oxygen atoms in total. The Labute approximate surface area is 126 Å². The number of aryl methyl sites for hydroxylation is 1. The summed E-state index contributed by atoms with van der Waals surface area (Å²) in [7, 11) is 0. The molecular weight excluding hydrogens is 292 g/mol. The summed E-state index contributed by atoms with van der Waals surface area (Å²) in [6.45, 7) is 1.52. The topological polar surface area (TPSA) is 87.9 Å². The summed E-state index contributed by atoms with van der Waals surface area (Å²) >= 11 is 5.70. The van der Waals surface area contributed by atoms with Gasteiger partial charge in [0.1, 0.15) is 11.9 Å². The minimum atomic E-state index is -0.394. The first-order valence-electron chi connectivity index (χ1n) is 6.00. The summed E-state index contributed by atoms with van der Waals surface area (Å²) in [6.07, 6.45) is 1.43. The van der Waals surface area contributed by atoms with E-state index < -0.39 is 5.91 Å². The fraction of sp³-hybridized carbons (Fsp3) is 0.143. The molecule has 2 heterocycles. The molecule has 2 aromatic heterocycles. The smallest absolute Gasteiger partial charge is 0.263 e. The van der Waals surface area contributed by atoms with Crippen LogP contribution < -0.4 is 10.1 Å². The summed E-state index contributed by atoms with van der Waals surface area (Å²) in [5.41, 5.74) is 0.848. The van der Waals surface area contributed by atoms with Gasteiger partial charge in [-0.15, -0.1) is 0 Å². The molecule has 21 heavy (non-hydrogen) atoms. The SMILES string of the molecule is Cc1ccc(OCC(=O)Nc2ccc(Cl)cn2)c(C#N)n1. The highest BCUT2D eigenvalue weighted by Gasteiger charge is 2.09. The molecule has 0 aliphatic rings. The van der Waals surface area contributed by atoms with Crippen molar-refractivity contribution in [1.29, 1.82) is 5.26 Å². The number of hydrogen-bond donors (Lipinski definition) is 1. The van der Waals surface area contributed by atoms with E-state index in [2.05, 4.69) is 15.3 Å². The molecule has 2 rings (SSSR count). The Balaban J connectivity index is 1.95. The number of nitrogens with zero attached hydrogens (tertiary/aromatic N) is 3. The number of aromatic nitrogens is 2. The van der Waals surface area contributed by atoms with Gasteiger partial charge in [0.15, 0.2) is 18.1 Å². The molecule has 1 N–H and O–H groups in total. The van der Waals surface area contributed by atoms with E-state index in [-0.39, 0.29) is 18.1 Å². The third-order valence-corrected chi connectivity index (χ3v) is 2.68. The molecule has 0 radical (unpaired) electrons. The summed E-state index contributed by atoms with van der Waals surface area (Å²) in [5.74, 6) is 0.243. The molecule has 1 amide bonds. The van der Waals surface area contributed by atoms with Crippen LogP contribution in [0.25, 0.3) is 0 Å². The van der Waals surface area contributed by atoms with Crippen LogP contribution >= 0.6 is 11.6 Å². The molecule has 0 aliphatic carbocycles. The molecule has 0 aromatic carbocycles. The predicted octanol–water partition coefficient (Wildman–Crippen LogP) is 2.33. The highest BCUT2D eigenvalue weighted by molar-refractivity contribution is 6.30. The number of rotatable bonds is 4. The second kappa shape index (κ2) is 6.68. The van der Waals surface area contributed by atoms with Crippen LogP contribution in [0, 0.1) is 18.3 Å². The van der Waals surface area contributed by atoms with Crippen LogP contribution in [0.1, 0.15) is 11.4 Å². The van der Waals surface area contributed by atoms with E-state index in [4.69, 9.17) is 21.6 Å². The number of pyridine rings is 2. The lowest BCUT2D eigenvalue weighted by Gasteiger charge is -2.08. The summed E-state index contributed by atoms with van der Waals surface area (Å²) in [4.78, 5) is 19.7. The number of hydrogen-bond acceptors (Lipinski definition) is 5. The predicted molar refractivity (Wildman–Crippen MR) is 77.1 cm³/mol. The fourth-order valence-corrected chi connectivity index (χ4v) is 1.62. The lowest BCUT2D eigenvalue weighted by atomic mass is 10.3. The highest BCUT2D eigenvalue weighted by Crippen LogP contribution is 2.16. The van der Waals surface area contributed by atoms with Crippen molar-refractivity contribution in [2.45, 2.75) is 6.92 Å². The summed E-state index contributed by atoms with van der Waals surface area (Å²) in [5, 5.41) is 12.0. The third-order valence-electron chi connectivity index (χ3n) is 2.46. The van der Waals surface area contributed by atoms with Gasteiger partial charge in [-0.25, -0.2) is 9.97 Å². The Bertz CT molecular complexity index is 695. The molecule has 0 saturated carbocycles. The number of carbonyl (C=O) groups is 1. The first-order chi connectivity index (χ1) is 10.1. The minimum Gasteiger partial charge on any atom is -0.481 e. The maximum atomic E-state index is 11.7. The van der Waals surface area contributed by atoms with Gasteiger partial charge in [0, 0.05) is 11.9 Å². The molecule has 0 bridgehead atoms. The van der Waals surface area contributed by atoms with Crippen LogP contribution in [0.2, 0.25) is 5.02 Å². The molecule has 0 saturated heterocycles. The van der Waals surface area contributed by atoms with Gasteiger partial charge in [-0.3, -0.25) is 4.79 Å². The Morgan fingerprint density at radius 3 is 2.90 bits per heavy atom. The monoisotopic (exact) mass is 302 g/mol. The van der Waals surface area contributed by atoms with Crippen molar-refractivity contribution in [3.05, 3.63) is 46.9 Å². The standard InChI is InChI=1S/C14H11ClN4O2/c1-9-2-4-12(11(6-16)18-9)21-8-14(20)19-13-5-3-10(15)7-17-13/h2-5,7H,8H2,1H3,(H,17,19,20). The minimum absolute atomic E-state index is 0.146. The number of nitriles is 1. The number of carbonyl (C=O) groups excluding carboxylic acids is 1. The number of nitrogens with one attached hydrogen (secondary N) is 1. The first kappa shape index (κ1) is 14.8. The van der Waals surface area contributed by atoms with Crippen molar-refractivity contribution >= 4 is 23.3 Å². The molecule has 7 heteroatoms. The van der Waals surface area contributed by atoms with Gasteiger partial charge in [0.2, 0.25) is 0 Å². The van der Waals surface area contributed by atoms with E-state index >= 15 is 0 Å². The molecule has 0 spiro atoms. The Morgan fingerprint density at radius 1 is 1.43 bits per heavy atom. The van der Waals surface area contributed by atoms with E-state index in [1.54, 1.807) is 31.2 Å². The van der Waals surface area contributed by atoms with Crippen molar-refractivity contribution in [3.63, 3.8) is 0 Å². The quantitative estimate of drug-likeness (QED) is 0.936. The van der Waals surface area contributed by atoms with Crippen molar-refractivity contribution < 1.29 is 9.53 Å². The Hall–Kier alpha value is -2.65. The van der Waals surface area contributed by atoms with Crippen molar-refractivity contribution in [3.8, 4) is 11.8 Å². The lowest BCUT2D eigenvalue weighted by Crippen LogP contribution is -2.21. The second-order valence-electron chi connectivity index (χ2n) is 4.11. The van der Waals surface area contributed by atoms with Gasteiger partial charge >= 0.3 is 0 Å². The van der Waals surface area contributed by atoms with Crippen LogP contribution in [0.5, 0.6) is 5.75 Å². The van der Waals surface area contributed by atoms with Crippen molar-refractivity contribution in [2.75, 3.05) is 11.9 Å². The molecule has 106 valence electrons. The number of halogens is 1. The van der Waals surface area contributed by atoms with Crippen LogP contribution in [0.4, 0.5) is 5.82 Å². The number of anilines is 1. The van der Waals surface area contributed by atoms with Gasteiger partial charge in [0.25, 0.3) is 5.91 Å². The van der Waals surface area contributed by atoms with Crippen LogP contribution in [-0.4, -0.2) is 22.5 Å². The van der Waals surface area contributed by atoms with Crippen molar-refractivity contribution in [1.82, 2.24) is 9.97 Å². The maximum absolute atomic E-state index is 11.7. The second-order valence-corrected chi connectivity index (χ2v) is 4.55. The maximum Gasteiger partial charge on any atom is 0.263 e. The molecule has 0 fully saturated rings. The average Bonchev–Trinajstić information content (AvgIpc) is 2.48. The number of amides is 1. The average molecular weight is 303 g/mol. The molecule has 0 unspecified atom stereocenters. The lowest BCUT2D eigenvalue weighted by molar-refractivity contribution is -0.118. The zero-order chi connectivity index (χ0) is 15.2. The molecule has 0 aliphatic heterocycles. The first-order valence-corrected chi connectivity index (χ1v) is 6.38. The normalized spacial score (nSPS) is 9.76. The van der Waals surface area contributed by atoms with E-state index in [1.807, 2.05) is 6.07 Å². The molecular formula is C14H11ClN4O2. The van der Waals surface area contributed by atoms with Crippen LogP contribution in [0.3, 0.4) is 0 Å². The largest absolute Gasteiger partial charge is 0.481 e. The highest BCUT2D eigenvalue weighted by atomic mass is 35.5. The van der Waals surface area contributed by atoms with E-state index in [1.165, 1.54) is 6.20 Å². The summed E-state index contributed by atoms with van der Waals surface area (Å²) in [6, 6.07) is 8.42. The number of ether oxygens (including phenoxy) is 1. The van der Waals surface area contributed by atoms with Crippen LogP contribution in [0.15, 0.2) is 30.5 Å². The zero-order valence-corrected chi connectivity index (χ0v) is 11.9. The van der Waals surface area contributed by atoms with E-state index in [9.17, 15) is 4.79 Å². The van der Waals surface area contributed by atoms with E-state index in [0.29, 0.717) is 16.5 Å². The van der Waals surface area contributed by atoms with Gasteiger partial charge in [0.05, 0.1) is 5.02 Å². The van der Waals surface area contributed by atoms with Gasteiger partial charge in [-0.2, -0.15) is 5.26 Å². The summed E-state index contributed by atoms with van der Waals surface area (Å²) < 4.78 is 5.29. The van der Waals surface area contributed by atoms with Gasteiger partial charge in [-0.1, -0.05) is 11.6 Å². The Morgan fingerprint density at radius 2 is 2.24 bits per heavy atom. The fourth-order valence-electron chi connectivity index (χ4n) is 1.51.